The van der Waals surface area contributed by atoms with Crippen LogP contribution < -0.4 is 5.56 Å². The van der Waals surface area contributed by atoms with Crippen molar-refractivity contribution in [3.05, 3.63) is 64.4 Å². The number of Topliss-reactive ketones (excluding diaryl/α,β-unsaturated/α-hetero) is 1. The van der Waals surface area contributed by atoms with E-state index in [0.29, 0.717) is 34.8 Å². The molecule has 144 valence electrons. The number of thioether (sulfide) groups is 1. The molecule has 0 saturated carbocycles. The molecule has 2 heterocycles. The number of nitrogens with zero attached hydrogens (tertiary/aromatic N) is 2. The van der Waals surface area contributed by atoms with Crippen molar-refractivity contribution < 1.29 is 14.6 Å². The van der Waals surface area contributed by atoms with Gasteiger partial charge in [0.1, 0.15) is 5.75 Å². The second-order valence-electron chi connectivity index (χ2n) is 6.72. The molecule has 1 N–H and O–H groups in total. The molecular weight excluding hydrogens is 376 g/mol. The molecule has 2 aromatic carbocycles. The average Bonchev–Trinajstić information content (AvgIpc) is 3.22. The zero-order valence-corrected chi connectivity index (χ0v) is 16.0. The van der Waals surface area contributed by atoms with E-state index in [2.05, 4.69) is 4.98 Å². The first-order valence-corrected chi connectivity index (χ1v) is 10.2. The van der Waals surface area contributed by atoms with Crippen LogP contribution in [-0.2, 0) is 11.3 Å². The zero-order chi connectivity index (χ0) is 19.5. The number of ether oxygens (including phenoxy) is 1. The average molecular weight is 396 g/mol. The zero-order valence-electron chi connectivity index (χ0n) is 15.2. The van der Waals surface area contributed by atoms with Crippen LogP contribution in [-0.4, -0.2) is 38.9 Å². The molecule has 0 amide bonds. The van der Waals surface area contributed by atoms with Crippen LogP contribution in [0.3, 0.4) is 0 Å². The van der Waals surface area contributed by atoms with E-state index < -0.39 is 0 Å². The summed E-state index contributed by atoms with van der Waals surface area (Å²) in [5, 5.41) is 10.5. The largest absolute Gasteiger partial charge is 0.508 e. The summed E-state index contributed by atoms with van der Waals surface area (Å²) in [6.07, 6.45) is 1.89. The molecule has 4 rings (SSSR count). The smallest absolute Gasteiger partial charge is 0.262 e. The third kappa shape index (κ3) is 3.95. The fourth-order valence-corrected chi connectivity index (χ4v) is 4.17. The van der Waals surface area contributed by atoms with Gasteiger partial charge in [0.05, 0.1) is 29.3 Å². The minimum atomic E-state index is -0.110. The van der Waals surface area contributed by atoms with Crippen LogP contribution in [0.4, 0.5) is 0 Å². The van der Waals surface area contributed by atoms with E-state index in [1.165, 1.54) is 23.9 Å². The van der Waals surface area contributed by atoms with Crippen LogP contribution in [0.2, 0.25) is 0 Å². The van der Waals surface area contributed by atoms with Crippen LogP contribution >= 0.6 is 11.8 Å². The second kappa shape index (κ2) is 8.16. The molecule has 1 atom stereocenters. The van der Waals surface area contributed by atoms with E-state index >= 15 is 0 Å². The quantitative estimate of drug-likeness (QED) is 0.391. The Kier molecular flexibility index (Phi) is 5.45. The lowest BCUT2D eigenvalue weighted by molar-refractivity contribution is 0.0937. The Morgan fingerprint density at radius 1 is 1.21 bits per heavy atom. The molecule has 1 fully saturated rings. The van der Waals surface area contributed by atoms with Gasteiger partial charge < -0.3 is 9.84 Å². The highest BCUT2D eigenvalue weighted by Crippen LogP contribution is 2.22. The van der Waals surface area contributed by atoms with E-state index in [1.807, 2.05) is 12.1 Å². The molecule has 0 radical (unpaired) electrons. The summed E-state index contributed by atoms with van der Waals surface area (Å²) in [6.45, 7) is 1.15. The normalized spacial score (nSPS) is 16.5. The van der Waals surface area contributed by atoms with Crippen LogP contribution in [0.1, 0.15) is 23.2 Å². The Morgan fingerprint density at radius 2 is 2.00 bits per heavy atom. The van der Waals surface area contributed by atoms with Crippen molar-refractivity contribution in [2.24, 2.45) is 0 Å². The standard InChI is InChI=1S/C21H20N2O4S/c24-15-9-7-14(8-10-15)19(25)13-28-21-22-18-6-2-1-5-17(18)20(26)23(21)12-16-4-3-11-27-16/h1-2,5-10,16,24H,3-4,11-13H2. The number of aromatic nitrogens is 2. The van der Waals surface area contributed by atoms with E-state index in [4.69, 9.17) is 4.74 Å². The number of carbonyl (C=O) groups is 1. The summed E-state index contributed by atoms with van der Waals surface area (Å²) in [4.78, 5) is 30.2. The van der Waals surface area contributed by atoms with Crippen molar-refractivity contribution in [1.82, 2.24) is 9.55 Å². The summed E-state index contributed by atoms with van der Waals surface area (Å²) in [5.74, 6) is 0.183. The van der Waals surface area contributed by atoms with Crippen LogP contribution in [0, 0.1) is 0 Å². The van der Waals surface area contributed by atoms with E-state index in [-0.39, 0.29) is 28.9 Å². The predicted molar refractivity (Wildman–Crippen MR) is 108 cm³/mol. The molecule has 1 aliphatic rings. The minimum Gasteiger partial charge on any atom is -0.508 e. The second-order valence-corrected chi connectivity index (χ2v) is 7.66. The summed E-state index contributed by atoms with van der Waals surface area (Å²) >= 11 is 1.25. The Bertz CT molecular complexity index is 1060. The lowest BCUT2D eigenvalue weighted by Crippen LogP contribution is -2.29. The van der Waals surface area contributed by atoms with Gasteiger partial charge in [0, 0.05) is 12.2 Å². The third-order valence-corrected chi connectivity index (χ3v) is 5.73. The molecule has 0 spiro atoms. The first-order valence-electron chi connectivity index (χ1n) is 9.18. The number of carbonyl (C=O) groups excluding carboxylic acids is 1. The highest BCUT2D eigenvalue weighted by molar-refractivity contribution is 7.99. The lowest BCUT2D eigenvalue weighted by Gasteiger charge is -2.16. The number of ketones is 1. The van der Waals surface area contributed by atoms with Gasteiger partial charge in [-0.3, -0.25) is 14.2 Å². The summed E-state index contributed by atoms with van der Waals surface area (Å²) in [6, 6.07) is 13.4. The number of hydrogen-bond donors (Lipinski definition) is 1. The van der Waals surface area contributed by atoms with Gasteiger partial charge in [-0.15, -0.1) is 0 Å². The van der Waals surface area contributed by atoms with Gasteiger partial charge in [-0.2, -0.15) is 0 Å². The SMILES string of the molecule is O=C(CSc1nc2ccccc2c(=O)n1CC1CCCO1)c1ccc(O)cc1. The Labute approximate surface area is 166 Å². The molecule has 1 saturated heterocycles. The third-order valence-electron chi connectivity index (χ3n) is 4.76. The number of phenolic OH excluding ortho intramolecular Hbond substituents is 1. The summed E-state index contributed by atoms with van der Waals surface area (Å²) in [7, 11) is 0. The molecule has 28 heavy (non-hydrogen) atoms. The van der Waals surface area contributed by atoms with Gasteiger partial charge in [0.25, 0.3) is 5.56 Å². The molecule has 1 unspecified atom stereocenters. The minimum absolute atomic E-state index is 0.00666. The number of aromatic hydroxyl groups is 1. The van der Waals surface area contributed by atoms with E-state index in [0.717, 1.165) is 12.8 Å². The van der Waals surface area contributed by atoms with Crippen molar-refractivity contribution in [3.63, 3.8) is 0 Å². The van der Waals surface area contributed by atoms with Gasteiger partial charge in [-0.25, -0.2) is 4.98 Å². The van der Waals surface area contributed by atoms with Crippen LogP contribution in [0.15, 0.2) is 58.5 Å². The first-order chi connectivity index (χ1) is 13.6. The van der Waals surface area contributed by atoms with E-state index in [1.54, 1.807) is 28.8 Å². The number of rotatable bonds is 6. The molecule has 6 nitrogen and oxygen atoms in total. The molecule has 0 bridgehead atoms. The van der Waals surface area contributed by atoms with Crippen LogP contribution in [0.5, 0.6) is 5.75 Å². The fraction of sp³-hybridized carbons (Fsp3) is 0.286. The van der Waals surface area contributed by atoms with Crippen molar-refractivity contribution in [1.29, 1.82) is 0 Å². The number of benzene rings is 2. The van der Waals surface area contributed by atoms with Crippen LogP contribution in [0.25, 0.3) is 10.9 Å². The topological polar surface area (TPSA) is 81.4 Å². The molecule has 1 aliphatic heterocycles. The van der Waals surface area contributed by atoms with E-state index in [9.17, 15) is 14.7 Å². The number of hydrogen-bond acceptors (Lipinski definition) is 6. The van der Waals surface area contributed by atoms with Crippen molar-refractivity contribution >= 4 is 28.4 Å². The van der Waals surface area contributed by atoms with Gasteiger partial charge in [-0.05, 0) is 49.2 Å². The lowest BCUT2D eigenvalue weighted by atomic mass is 10.1. The number of para-hydroxylation sites is 1. The summed E-state index contributed by atoms with van der Waals surface area (Å²) in [5.41, 5.74) is 1.02. The van der Waals surface area contributed by atoms with Crippen molar-refractivity contribution in [2.45, 2.75) is 30.6 Å². The Hall–Kier alpha value is -2.64. The highest BCUT2D eigenvalue weighted by Gasteiger charge is 2.20. The van der Waals surface area contributed by atoms with Gasteiger partial charge in [0.2, 0.25) is 0 Å². The first kappa shape index (κ1) is 18.7. The highest BCUT2D eigenvalue weighted by atomic mass is 32.2. The van der Waals surface area contributed by atoms with Gasteiger partial charge in [-0.1, -0.05) is 23.9 Å². The van der Waals surface area contributed by atoms with Crippen molar-refractivity contribution in [3.8, 4) is 5.75 Å². The maximum atomic E-state index is 13.0. The van der Waals surface area contributed by atoms with Gasteiger partial charge >= 0.3 is 0 Å². The van der Waals surface area contributed by atoms with Crippen molar-refractivity contribution in [2.75, 3.05) is 12.4 Å². The molecule has 1 aromatic heterocycles. The molecule has 7 heteroatoms. The predicted octanol–water partition coefficient (Wildman–Crippen LogP) is 3.26. The maximum Gasteiger partial charge on any atom is 0.262 e. The number of fused-ring (bicyclic) bond motifs is 1. The fourth-order valence-electron chi connectivity index (χ4n) is 3.27. The summed E-state index contributed by atoms with van der Waals surface area (Å²) < 4.78 is 7.33. The molecule has 0 aliphatic carbocycles. The Balaban J connectivity index is 1.63. The van der Waals surface area contributed by atoms with Gasteiger partial charge in [0.15, 0.2) is 10.9 Å². The molecule has 3 aromatic rings. The number of phenols is 1. The Morgan fingerprint density at radius 3 is 2.75 bits per heavy atom. The maximum absolute atomic E-state index is 13.0. The monoisotopic (exact) mass is 396 g/mol. The molecular formula is C21H20N2O4S.